The van der Waals surface area contributed by atoms with Crippen molar-refractivity contribution in [1.82, 2.24) is 5.43 Å². The lowest BCUT2D eigenvalue weighted by Gasteiger charge is -2.43. The highest BCUT2D eigenvalue weighted by atomic mass is 19.2. The molecule has 21 heavy (non-hydrogen) atoms. The number of rotatable bonds is 5. The molecule has 4 nitrogen and oxygen atoms in total. The third-order valence-corrected chi connectivity index (χ3v) is 3.84. The molecule has 1 atom stereocenters. The number of hydrogen-bond donors (Lipinski definition) is 2. The smallest absolute Gasteiger partial charge is 0.194 e. The molecule has 3 N–H and O–H groups in total. The van der Waals surface area contributed by atoms with Crippen molar-refractivity contribution in [2.75, 3.05) is 19.8 Å². The van der Waals surface area contributed by atoms with Gasteiger partial charge in [0.1, 0.15) is 0 Å². The Kier molecular flexibility index (Phi) is 5.21. The van der Waals surface area contributed by atoms with Gasteiger partial charge in [0.2, 0.25) is 0 Å². The summed E-state index contributed by atoms with van der Waals surface area (Å²) in [6, 6.07) is 1.28. The van der Waals surface area contributed by atoms with Gasteiger partial charge >= 0.3 is 0 Å². The topological polar surface area (TPSA) is 56.5 Å². The summed E-state index contributed by atoms with van der Waals surface area (Å²) in [6.45, 7) is 3.07. The zero-order chi connectivity index (χ0) is 15.5. The molecule has 1 aromatic rings. The summed E-state index contributed by atoms with van der Waals surface area (Å²) < 4.78 is 51.7. The minimum absolute atomic E-state index is 0.0493. The van der Waals surface area contributed by atoms with Crippen LogP contribution in [0.4, 0.5) is 13.2 Å². The lowest BCUT2D eigenvalue weighted by molar-refractivity contribution is -0.128. The molecular formula is C14H19F3N2O2. The van der Waals surface area contributed by atoms with Crippen LogP contribution in [0.1, 0.15) is 31.4 Å². The Hall–Kier alpha value is -1.15. The standard InChI is InChI=1S/C14H19F3N2O2/c1-2-21-14(5-7-20-8-6-14)13(19-18)9-3-4-10(15)12(17)11(9)16/h3-4,13,19H,2,5-8,18H2,1H3. The SMILES string of the molecule is CCOC1(C(NN)c2ccc(F)c(F)c2F)CCOCC1. The Morgan fingerprint density at radius 1 is 1.29 bits per heavy atom. The Labute approximate surface area is 121 Å². The minimum atomic E-state index is -1.51. The van der Waals surface area contributed by atoms with Crippen LogP contribution in [-0.2, 0) is 9.47 Å². The predicted molar refractivity (Wildman–Crippen MR) is 70.8 cm³/mol. The molecule has 1 aliphatic rings. The summed E-state index contributed by atoms with van der Waals surface area (Å²) in [4.78, 5) is 0. The predicted octanol–water partition coefficient (Wildman–Crippen LogP) is 2.19. The maximum absolute atomic E-state index is 14.1. The second-order valence-corrected chi connectivity index (χ2v) is 4.97. The van der Waals surface area contributed by atoms with Crippen LogP contribution in [0.25, 0.3) is 0 Å². The molecule has 1 heterocycles. The number of hydrazine groups is 1. The molecule has 1 fully saturated rings. The lowest BCUT2D eigenvalue weighted by atomic mass is 9.82. The van der Waals surface area contributed by atoms with E-state index in [1.165, 1.54) is 6.07 Å². The molecule has 0 aliphatic carbocycles. The van der Waals surface area contributed by atoms with Crippen LogP contribution in [0.3, 0.4) is 0 Å². The second kappa shape index (κ2) is 6.74. The van der Waals surface area contributed by atoms with Gasteiger partial charge in [0, 0.05) is 38.2 Å². The summed E-state index contributed by atoms with van der Waals surface area (Å²) in [7, 11) is 0. The van der Waals surface area contributed by atoms with Crippen molar-refractivity contribution in [2.24, 2.45) is 5.84 Å². The zero-order valence-corrected chi connectivity index (χ0v) is 11.8. The van der Waals surface area contributed by atoms with Crippen LogP contribution in [0.5, 0.6) is 0 Å². The largest absolute Gasteiger partial charge is 0.381 e. The highest BCUT2D eigenvalue weighted by Gasteiger charge is 2.43. The van der Waals surface area contributed by atoms with Gasteiger partial charge in [0.15, 0.2) is 17.5 Å². The molecule has 0 spiro atoms. The average Bonchev–Trinajstić information content (AvgIpc) is 2.49. The Bertz CT molecular complexity index is 488. The van der Waals surface area contributed by atoms with Gasteiger partial charge in [-0.1, -0.05) is 6.07 Å². The van der Waals surface area contributed by atoms with Gasteiger partial charge < -0.3 is 9.47 Å². The monoisotopic (exact) mass is 304 g/mol. The molecule has 1 unspecified atom stereocenters. The van der Waals surface area contributed by atoms with E-state index in [1.807, 2.05) is 6.92 Å². The van der Waals surface area contributed by atoms with Gasteiger partial charge in [-0.25, -0.2) is 18.6 Å². The number of nitrogens with one attached hydrogen (secondary N) is 1. The highest BCUT2D eigenvalue weighted by molar-refractivity contribution is 5.26. The van der Waals surface area contributed by atoms with Crippen molar-refractivity contribution in [3.63, 3.8) is 0 Å². The van der Waals surface area contributed by atoms with E-state index in [1.54, 1.807) is 0 Å². The van der Waals surface area contributed by atoms with Crippen molar-refractivity contribution in [3.05, 3.63) is 35.1 Å². The molecule has 1 aromatic carbocycles. The van der Waals surface area contributed by atoms with Crippen molar-refractivity contribution < 1.29 is 22.6 Å². The third kappa shape index (κ3) is 3.06. The van der Waals surface area contributed by atoms with Gasteiger partial charge in [-0.15, -0.1) is 0 Å². The van der Waals surface area contributed by atoms with E-state index in [9.17, 15) is 13.2 Å². The summed E-state index contributed by atoms with van der Waals surface area (Å²) >= 11 is 0. The first kappa shape index (κ1) is 16.2. The number of halogens is 3. The Morgan fingerprint density at radius 3 is 2.52 bits per heavy atom. The van der Waals surface area contributed by atoms with E-state index in [2.05, 4.69) is 5.43 Å². The normalized spacial score (nSPS) is 19.5. The van der Waals surface area contributed by atoms with Gasteiger partial charge in [-0.05, 0) is 13.0 Å². The minimum Gasteiger partial charge on any atom is -0.381 e. The molecule has 0 radical (unpaired) electrons. The fourth-order valence-electron chi connectivity index (χ4n) is 2.81. The maximum Gasteiger partial charge on any atom is 0.194 e. The van der Waals surface area contributed by atoms with Crippen molar-refractivity contribution in [1.29, 1.82) is 0 Å². The van der Waals surface area contributed by atoms with E-state index in [0.717, 1.165) is 6.07 Å². The zero-order valence-electron chi connectivity index (χ0n) is 11.8. The molecule has 0 saturated carbocycles. The molecule has 0 amide bonds. The molecule has 0 bridgehead atoms. The molecule has 118 valence electrons. The lowest BCUT2D eigenvalue weighted by Crippen LogP contribution is -2.52. The van der Waals surface area contributed by atoms with Crippen LogP contribution >= 0.6 is 0 Å². The summed E-state index contributed by atoms with van der Waals surface area (Å²) in [6.07, 6.45) is 0.961. The highest BCUT2D eigenvalue weighted by Crippen LogP contribution is 2.38. The number of hydrogen-bond acceptors (Lipinski definition) is 4. The molecule has 1 saturated heterocycles. The van der Waals surface area contributed by atoms with E-state index >= 15 is 0 Å². The van der Waals surface area contributed by atoms with Gasteiger partial charge in [0.05, 0.1) is 11.6 Å². The van der Waals surface area contributed by atoms with Crippen molar-refractivity contribution in [3.8, 4) is 0 Å². The Morgan fingerprint density at radius 2 is 1.95 bits per heavy atom. The van der Waals surface area contributed by atoms with E-state index in [0.29, 0.717) is 32.7 Å². The van der Waals surface area contributed by atoms with Crippen LogP contribution in [0, 0.1) is 17.5 Å². The fourth-order valence-corrected chi connectivity index (χ4v) is 2.81. The number of nitrogens with two attached hydrogens (primary N) is 1. The molecule has 0 aromatic heterocycles. The van der Waals surface area contributed by atoms with Crippen LogP contribution in [0.15, 0.2) is 12.1 Å². The summed E-state index contributed by atoms with van der Waals surface area (Å²) in [5, 5.41) is 0. The first-order chi connectivity index (χ1) is 10.1. The van der Waals surface area contributed by atoms with Gasteiger partial charge in [0.25, 0.3) is 0 Å². The number of ether oxygens (including phenoxy) is 2. The van der Waals surface area contributed by atoms with E-state index in [-0.39, 0.29) is 5.56 Å². The van der Waals surface area contributed by atoms with E-state index < -0.39 is 29.1 Å². The summed E-state index contributed by atoms with van der Waals surface area (Å²) in [5.74, 6) is 1.57. The fraction of sp³-hybridized carbons (Fsp3) is 0.571. The quantitative estimate of drug-likeness (QED) is 0.497. The average molecular weight is 304 g/mol. The van der Waals surface area contributed by atoms with Crippen molar-refractivity contribution in [2.45, 2.75) is 31.4 Å². The first-order valence-electron chi connectivity index (χ1n) is 6.87. The van der Waals surface area contributed by atoms with Crippen LogP contribution < -0.4 is 11.3 Å². The molecular weight excluding hydrogens is 285 g/mol. The van der Waals surface area contributed by atoms with Crippen LogP contribution in [0.2, 0.25) is 0 Å². The van der Waals surface area contributed by atoms with Gasteiger partial charge in [-0.3, -0.25) is 5.84 Å². The molecule has 1 aliphatic heterocycles. The van der Waals surface area contributed by atoms with E-state index in [4.69, 9.17) is 15.3 Å². The third-order valence-electron chi connectivity index (χ3n) is 3.84. The van der Waals surface area contributed by atoms with Crippen LogP contribution in [-0.4, -0.2) is 25.4 Å². The summed E-state index contributed by atoms with van der Waals surface area (Å²) in [5.41, 5.74) is 1.63. The molecule has 2 rings (SSSR count). The second-order valence-electron chi connectivity index (χ2n) is 4.97. The maximum atomic E-state index is 14.1. The molecule has 7 heteroatoms. The first-order valence-corrected chi connectivity index (χ1v) is 6.87. The van der Waals surface area contributed by atoms with Gasteiger partial charge in [-0.2, -0.15) is 0 Å². The number of benzene rings is 1. The van der Waals surface area contributed by atoms with Crippen molar-refractivity contribution >= 4 is 0 Å². The Balaban J connectivity index is 2.43.